The molecule has 1 atom stereocenters. The number of ether oxygens (including phenoxy) is 1. The number of aromatic nitrogens is 5. The Morgan fingerprint density at radius 2 is 2.00 bits per heavy atom. The monoisotopic (exact) mass is 542 g/mol. The van der Waals surface area contributed by atoms with Gasteiger partial charge in [-0.1, -0.05) is 6.92 Å². The summed E-state index contributed by atoms with van der Waals surface area (Å²) in [6, 6.07) is 10.2. The molecule has 0 spiro atoms. The first-order valence-corrected chi connectivity index (χ1v) is 14.3. The molecule has 1 saturated carbocycles. The maximum atomic E-state index is 13.6. The summed E-state index contributed by atoms with van der Waals surface area (Å²) in [6.07, 6.45) is 5.92. The number of carbonyl (C=O) groups excluding carboxylic acids is 1. The number of likely N-dealkylation sites (N-methyl/N-ethyl adjacent to an activating group) is 1. The molecule has 40 heavy (non-hydrogen) atoms. The molecule has 1 aliphatic carbocycles. The number of nitrogens with one attached hydrogen (secondary N) is 2. The minimum Gasteiger partial charge on any atom is -0.477 e. The van der Waals surface area contributed by atoms with Gasteiger partial charge in [0, 0.05) is 36.6 Å². The van der Waals surface area contributed by atoms with Gasteiger partial charge in [0.05, 0.1) is 41.1 Å². The number of amides is 1. The lowest BCUT2D eigenvalue weighted by atomic mass is 10.1. The minimum absolute atomic E-state index is 0.216. The summed E-state index contributed by atoms with van der Waals surface area (Å²) in [5.74, 6) is 1.45. The number of rotatable bonds is 5. The standard InChI is InChI=1S/C30H38N8O2/c1-19-6-5-13-40-29-24(17-32-38(29)23-8-9-23)26-15-21(14-20(2)33-26)28(39)35-30-34-25-10-7-22(31-11-12-36(3)4)16-27(25)37(30)18-19/h7,10,14-17,19,23,31H,5-6,8-9,11-13,18H2,1-4H3,(H,34,35,39)/t19-/m1/s1. The topological polar surface area (TPSA) is 102 Å². The van der Waals surface area contributed by atoms with Gasteiger partial charge in [0.2, 0.25) is 11.8 Å². The average molecular weight is 543 g/mol. The lowest BCUT2D eigenvalue weighted by Crippen LogP contribution is -2.20. The van der Waals surface area contributed by atoms with Crippen LogP contribution in [0.3, 0.4) is 0 Å². The lowest BCUT2D eigenvalue weighted by Gasteiger charge is -2.17. The van der Waals surface area contributed by atoms with Crippen molar-refractivity contribution < 1.29 is 9.53 Å². The molecule has 10 heteroatoms. The van der Waals surface area contributed by atoms with Crippen molar-refractivity contribution in [2.24, 2.45) is 5.92 Å². The second-order valence-electron chi connectivity index (χ2n) is 11.5. The quantitative estimate of drug-likeness (QED) is 0.367. The van der Waals surface area contributed by atoms with Crippen molar-refractivity contribution in [1.82, 2.24) is 29.2 Å². The van der Waals surface area contributed by atoms with Gasteiger partial charge in [0.15, 0.2) is 0 Å². The molecule has 0 radical (unpaired) electrons. The molecule has 1 aliphatic heterocycles. The van der Waals surface area contributed by atoms with Crippen LogP contribution in [0.15, 0.2) is 36.5 Å². The lowest BCUT2D eigenvalue weighted by molar-refractivity contribution is 0.102. The van der Waals surface area contributed by atoms with Gasteiger partial charge in [0.1, 0.15) is 0 Å². The summed E-state index contributed by atoms with van der Waals surface area (Å²) in [6.45, 7) is 7.26. The van der Waals surface area contributed by atoms with E-state index in [0.717, 1.165) is 79.2 Å². The number of anilines is 2. The molecule has 1 fully saturated rings. The number of nitrogens with zero attached hydrogens (tertiary/aromatic N) is 6. The minimum atomic E-state index is -0.216. The summed E-state index contributed by atoms with van der Waals surface area (Å²) >= 11 is 0. The van der Waals surface area contributed by atoms with E-state index in [1.165, 1.54) is 0 Å². The number of carbonyl (C=O) groups is 1. The summed E-state index contributed by atoms with van der Waals surface area (Å²) in [5, 5.41) is 11.3. The van der Waals surface area contributed by atoms with Crippen molar-refractivity contribution in [1.29, 1.82) is 0 Å². The highest BCUT2D eigenvalue weighted by molar-refractivity contribution is 6.05. The molecule has 10 nitrogen and oxygen atoms in total. The molecular formula is C30H38N8O2. The van der Waals surface area contributed by atoms with Crippen molar-refractivity contribution >= 4 is 28.6 Å². The third-order valence-electron chi connectivity index (χ3n) is 7.57. The zero-order valence-electron chi connectivity index (χ0n) is 23.8. The van der Waals surface area contributed by atoms with Crippen LogP contribution in [0, 0.1) is 12.8 Å². The molecule has 210 valence electrons. The first-order valence-electron chi connectivity index (χ1n) is 14.3. The van der Waals surface area contributed by atoms with E-state index in [0.29, 0.717) is 35.8 Å². The zero-order chi connectivity index (χ0) is 27.8. The van der Waals surface area contributed by atoms with Crippen LogP contribution in [0.25, 0.3) is 22.3 Å². The highest BCUT2D eigenvalue weighted by Crippen LogP contribution is 2.41. The van der Waals surface area contributed by atoms with E-state index in [2.05, 4.69) is 52.3 Å². The van der Waals surface area contributed by atoms with Crippen molar-refractivity contribution in [2.45, 2.75) is 52.1 Å². The van der Waals surface area contributed by atoms with Crippen LogP contribution in [0.1, 0.15) is 54.7 Å². The Morgan fingerprint density at radius 3 is 2.80 bits per heavy atom. The average Bonchev–Trinajstić information content (AvgIpc) is 3.59. The molecule has 2 N–H and O–H groups in total. The fourth-order valence-corrected chi connectivity index (χ4v) is 5.30. The number of benzene rings is 1. The third kappa shape index (κ3) is 5.54. The number of aryl methyl sites for hydroxylation is 1. The van der Waals surface area contributed by atoms with E-state index in [1.54, 1.807) is 0 Å². The van der Waals surface area contributed by atoms with Crippen molar-refractivity contribution in [3.8, 4) is 17.1 Å². The van der Waals surface area contributed by atoms with E-state index >= 15 is 0 Å². The van der Waals surface area contributed by atoms with Crippen molar-refractivity contribution in [3.05, 3.63) is 47.8 Å². The number of imidazole rings is 1. The maximum absolute atomic E-state index is 13.6. The SMILES string of the molecule is Cc1cc2cc(n1)-c1cnn(C3CC3)c1OCCC[C@@H](C)Cn1c(nc3ccc(NCCN(C)C)cc31)NC2=O. The Labute approximate surface area is 234 Å². The Morgan fingerprint density at radius 1 is 1.15 bits per heavy atom. The van der Waals surface area contributed by atoms with Gasteiger partial charge >= 0.3 is 0 Å². The smallest absolute Gasteiger partial charge is 0.258 e. The van der Waals surface area contributed by atoms with Crippen LogP contribution in [0.4, 0.5) is 11.6 Å². The van der Waals surface area contributed by atoms with Gasteiger partial charge in [-0.05, 0) is 83.0 Å². The molecule has 2 bridgehead atoms. The van der Waals surface area contributed by atoms with Gasteiger partial charge in [-0.25, -0.2) is 9.67 Å². The molecule has 0 unspecified atom stereocenters. The highest BCUT2D eigenvalue weighted by Gasteiger charge is 2.30. The normalized spacial score (nSPS) is 17.9. The van der Waals surface area contributed by atoms with Gasteiger partial charge in [0.25, 0.3) is 5.91 Å². The van der Waals surface area contributed by atoms with E-state index in [9.17, 15) is 4.79 Å². The van der Waals surface area contributed by atoms with Crippen LogP contribution in [-0.4, -0.2) is 68.9 Å². The molecule has 4 aromatic rings. The van der Waals surface area contributed by atoms with E-state index in [4.69, 9.17) is 14.7 Å². The molecule has 6 rings (SSSR count). The van der Waals surface area contributed by atoms with Crippen LogP contribution in [0.2, 0.25) is 0 Å². The fourth-order valence-electron chi connectivity index (χ4n) is 5.30. The van der Waals surface area contributed by atoms with Gasteiger partial charge in [-0.15, -0.1) is 0 Å². The molecular weight excluding hydrogens is 504 g/mol. The van der Waals surface area contributed by atoms with Crippen LogP contribution < -0.4 is 15.4 Å². The summed E-state index contributed by atoms with van der Waals surface area (Å²) in [4.78, 5) is 25.4. The van der Waals surface area contributed by atoms with E-state index < -0.39 is 0 Å². The number of pyridine rings is 1. The Bertz CT molecular complexity index is 1530. The van der Waals surface area contributed by atoms with Crippen LogP contribution in [-0.2, 0) is 6.54 Å². The summed E-state index contributed by atoms with van der Waals surface area (Å²) < 4.78 is 10.5. The molecule has 4 heterocycles. The van der Waals surface area contributed by atoms with Gasteiger partial charge < -0.3 is 19.5 Å². The molecule has 1 amide bonds. The molecule has 0 saturated heterocycles. The highest BCUT2D eigenvalue weighted by atomic mass is 16.5. The van der Waals surface area contributed by atoms with Gasteiger partial charge in [-0.2, -0.15) is 5.10 Å². The Hall–Kier alpha value is -3.92. The Balaban J connectivity index is 1.37. The van der Waals surface area contributed by atoms with Crippen LogP contribution >= 0.6 is 0 Å². The first-order chi connectivity index (χ1) is 19.4. The summed E-state index contributed by atoms with van der Waals surface area (Å²) in [7, 11) is 4.13. The first kappa shape index (κ1) is 26.3. The largest absolute Gasteiger partial charge is 0.477 e. The zero-order valence-corrected chi connectivity index (χ0v) is 23.8. The van der Waals surface area contributed by atoms with E-state index in [1.807, 2.05) is 42.1 Å². The molecule has 1 aromatic carbocycles. The van der Waals surface area contributed by atoms with Crippen molar-refractivity contribution in [3.63, 3.8) is 0 Å². The predicted octanol–water partition coefficient (Wildman–Crippen LogP) is 4.97. The van der Waals surface area contributed by atoms with Crippen LogP contribution in [0.5, 0.6) is 5.88 Å². The second kappa shape index (κ2) is 10.9. The second-order valence-corrected chi connectivity index (χ2v) is 11.5. The van der Waals surface area contributed by atoms with E-state index in [-0.39, 0.29) is 5.91 Å². The number of hydrogen-bond acceptors (Lipinski definition) is 7. The molecule has 3 aromatic heterocycles. The number of hydrogen-bond donors (Lipinski definition) is 2. The van der Waals surface area contributed by atoms with Gasteiger partial charge in [-0.3, -0.25) is 15.1 Å². The predicted molar refractivity (Wildman–Crippen MR) is 157 cm³/mol. The summed E-state index contributed by atoms with van der Waals surface area (Å²) in [5.41, 5.74) is 5.70. The fraction of sp³-hybridized carbons (Fsp3) is 0.467. The number of fused-ring (bicyclic) bond motifs is 7. The maximum Gasteiger partial charge on any atom is 0.258 e. The molecule has 2 aliphatic rings. The van der Waals surface area contributed by atoms with Crippen molar-refractivity contribution in [2.75, 3.05) is 44.4 Å². The third-order valence-corrected chi connectivity index (χ3v) is 7.57. The Kier molecular flexibility index (Phi) is 7.18.